The van der Waals surface area contributed by atoms with Gasteiger partial charge >= 0.3 is 0 Å². The van der Waals surface area contributed by atoms with Crippen LogP contribution in [0.2, 0.25) is 4.34 Å². The average Bonchev–Trinajstić information content (AvgIpc) is 3.15. The molecule has 142 valence electrons. The zero-order valence-corrected chi connectivity index (χ0v) is 17.6. The molecule has 1 fully saturated rings. The number of aromatic nitrogens is 2. The molecule has 0 bridgehead atoms. The molecule has 4 heterocycles. The second-order valence-electron chi connectivity index (χ2n) is 8.28. The van der Waals surface area contributed by atoms with Gasteiger partial charge in [-0.3, -0.25) is 9.58 Å². The van der Waals surface area contributed by atoms with Crippen LogP contribution in [0.5, 0.6) is 0 Å². The van der Waals surface area contributed by atoms with Crippen molar-refractivity contribution >= 4 is 22.9 Å². The number of nitrogens with zero attached hydrogens (tertiary/aromatic N) is 3. The molecule has 2 aliphatic rings. The summed E-state index contributed by atoms with van der Waals surface area (Å²) in [6.07, 6.45) is 7.42. The van der Waals surface area contributed by atoms with E-state index in [1.807, 2.05) is 17.9 Å². The molecule has 1 saturated heterocycles. The zero-order chi connectivity index (χ0) is 18.5. The van der Waals surface area contributed by atoms with Gasteiger partial charge in [-0.2, -0.15) is 5.10 Å². The highest BCUT2D eigenvalue weighted by Crippen LogP contribution is 2.49. The van der Waals surface area contributed by atoms with Crippen LogP contribution >= 0.6 is 22.9 Å². The highest BCUT2D eigenvalue weighted by molar-refractivity contribution is 7.16. The van der Waals surface area contributed by atoms with Crippen molar-refractivity contribution in [1.82, 2.24) is 14.7 Å². The monoisotopic (exact) mass is 393 g/mol. The van der Waals surface area contributed by atoms with Crippen LogP contribution in [0.4, 0.5) is 0 Å². The number of halogens is 1. The molecule has 0 amide bonds. The lowest BCUT2D eigenvalue weighted by Gasteiger charge is -2.50. The molecular formula is C20H28ClN3OS. The lowest BCUT2D eigenvalue weighted by Crippen LogP contribution is -2.52. The number of hydrogen-bond acceptors (Lipinski definition) is 4. The molecule has 26 heavy (non-hydrogen) atoms. The number of fused-ring (bicyclic) bond motifs is 2. The van der Waals surface area contributed by atoms with E-state index in [0.717, 1.165) is 36.7 Å². The molecule has 2 unspecified atom stereocenters. The van der Waals surface area contributed by atoms with Crippen LogP contribution in [-0.2, 0) is 30.4 Å². The molecular weight excluding hydrogens is 366 g/mol. The summed E-state index contributed by atoms with van der Waals surface area (Å²) in [5.74, 6) is 0.518. The van der Waals surface area contributed by atoms with Gasteiger partial charge in [-0.05, 0) is 37.3 Å². The maximum atomic E-state index is 6.79. The van der Waals surface area contributed by atoms with Gasteiger partial charge in [0.15, 0.2) is 0 Å². The Hall–Kier alpha value is -0.880. The van der Waals surface area contributed by atoms with Crippen LogP contribution in [0.15, 0.2) is 18.5 Å². The number of likely N-dealkylation sites (tertiary alicyclic amines) is 1. The Morgan fingerprint density at radius 2 is 2.27 bits per heavy atom. The topological polar surface area (TPSA) is 30.3 Å². The molecule has 0 N–H and O–H groups in total. The Kier molecular flexibility index (Phi) is 4.93. The van der Waals surface area contributed by atoms with Gasteiger partial charge in [-0.1, -0.05) is 25.4 Å². The molecule has 0 saturated carbocycles. The van der Waals surface area contributed by atoms with Crippen LogP contribution in [0, 0.1) is 5.92 Å². The van der Waals surface area contributed by atoms with E-state index in [4.69, 9.17) is 16.3 Å². The van der Waals surface area contributed by atoms with Crippen LogP contribution in [0.1, 0.15) is 49.6 Å². The van der Waals surface area contributed by atoms with Crippen LogP contribution in [0.25, 0.3) is 0 Å². The second kappa shape index (κ2) is 6.93. The Bertz CT molecular complexity index is 786. The first-order valence-electron chi connectivity index (χ1n) is 9.54. The summed E-state index contributed by atoms with van der Waals surface area (Å²) < 4.78 is 9.57. The third-order valence-corrected chi connectivity index (χ3v) is 7.26. The van der Waals surface area contributed by atoms with E-state index < -0.39 is 0 Å². The van der Waals surface area contributed by atoms with E-state index in [-0.39, 0.29) is 11.7 Å². The molecule has 3 atom stereocenters. The number of ether oxygens (including phenoxy) is 1. The third kappa shape index (κ3) is 3.35. The number of thiophene rings is 1. The highest BCUT2D eigenvalue weighted by Gasteiger charge is 2.47. The number of aryl methyl sites for hydroxylation is 1. The summed E-state index contributed by atoms with van der Waals surface area (Å²) in [5.41, 5.74) is 2.47. The molecule has 4 nitrogen and oxygen atoms in total. The van der Waals surface area contributed by atoms with Gasteiger partial charge < -0.3 is 4.74 Å². The molecule has 1 spiro atoms. The second-order valence-corrected chi connectivity index (χ2v) is 10.1. The van der Waals surface area contributed by atoms with Gasteiger partial charge in [0.05, 0.1) is 22.2 Å². The normalized spacial score (nSPS) is 29.5. The van der Waals surface area contributed by atoms with Gasteiger partial charge in [0.2, 0.25) is 0 Å². The largest absolute Gasteiger partial charge is 0.366 e. The third-order valence-electron chi connectivity index (χ3n) is 5.97. The SMILES string of the molecule is CC(C)C1Cc2sc(Cl)cc2C2(CCN(Cc3cnn(C)c3)[C@@H](C)C2)O1. The fraction of sp³-hybridized carbons (Fsp3) is 0.650. The zero-order valence-electron chi connectivity index (χ0n) is 16.0. The van der Waals surface area contributed by atoms with Crippen LogP contribution < -0.4 is 0 Å². The average molecular weight is 394 g/mol. The Labute approximate surface area is 165 Å². The molecule has 2 aromatic heterocycles. The molecule has 0 aliphatic carbocycles. The standard InChI is InChI=1S/C20H28ClN3OS/c1-13(2)17-8-18-16(7-19(21)26-18)20(25-17)5-6-24(14(3)9-20)12-15-10-22-23(4)11-15/h7,10-11,13-14,17H,5-6,8-9,12H2,1-4H3/t14-,17?,20?/m0/s1. The fourth-order valence-electron chi connectivity index (χ4n) is 4.51. The smallest absolute Gasteiger partial charge is 0.0973 e. The van der Waals surface area contributed by atoms with Crippen molar-refractivity contribution in [2.75, 3.05) is 6.54 Å². The number of rotatable bonds is 3. The Balaban J connectivity index is 1.57. The van der Waals surface area contributed by atoms with E-state index in [9.17, 15) is 0 Å². The first kappa shape index (κ1) is 18.5. The first-order valence-corrected chi connectivity index (χ1v) is 10.7. The number of piperidine rings is 1. The molecule has 2 aromatic rings. The van der Waals surface area contributed by atoms with Gasteiger partial charge in [-0.25, -0.2) is 0 Å². The molecule has 0 radical (unpaired) electrons. The Morgan fingerprint density at radius 1 is 1.46 bits per heavy atom. The summed E-state index contributed by atoms with van der Waals surface area (Å²) in [4.78, 5) is 3.99. The fourth-order valence-corrected chi connectivity index (χ4v) is 5.91. The van der Waals surface area contributed by atoms with Crippen LogP contribution in [-0.4, -0.2) is 33.4 Å². The van der Waals surface area contributed by atoms with E-state index in [2.05, 4.69) is 43.0 Å². The number of hydrogen-bond donors (Lipinski definition) is 0. The van der Waals surface area contributed by atoms with Gasteiger partial charge in [-0.15, -0.1) is 11.3 Å². The Morgan fingerprint density at radius 3 is 2.92 bits per heavy atom. The molecule has 6 heteroatoms. The minimum atomic E-state index is -0.170. The van der Waals surface area contributed by atoms with Crippen molar-refractivity contribution in [3.63, 3.8) is 0 Å². The predicted molar refractivity (Wildman–Crippen MR) is 107 cm³/mol. The van der Waals surface area contributed by atoms with Gasteiger partial charge in [0, 0.05) is 49.2 Å². The summed E-state index contributed by atoms with van der Waals surface area (Å²) >= 11 is 8.15. The van der Waals surface area contributed by atoms with Crippen molar-refractivity contribution in [2.45, 2.75) is 64.3 Å². The maximum absolute atomic E-state index is 6.79. The highest BCUT2D eigenvalue weighted by atomic mass is 35.5. The van der Waals surface area contributed by atoms with E-state index in [1.165, 1.54) is 16.0 Å². The molecule has 2 aliphatic heterocycles. The van der Waals surface area contributed by atoms with Crippen LogP contribution in [0.3, 0.4) is 0 Å². The van der Waals surface area contributed by atoms with E-state index in [0.29, 0.717) is 12.0 Å². The van der Waals surface area contributed by atoms with Crippen molar-refractivity contribution in [1.29, 1.82) is 0 Å². The minimum absolute atomic E-state index is 0.170. The van der Waals surface area contributed by atoms with Crippen molar-refractivity contribution < 1.29 is 4.74 Å². The molecule has 0 aromatic carbocycles. The lowest BCUT2D eigenvalue weighted by atomic mass is 9.77. The van der Waals surface area contributed by atoms with Crippen molar-refractivity contribution in [3.05, 3.63) is 38.8 Å². The van der Waals surface area contributed by atoms with E-state index >= 15 is 0 Å². The summed E-state index contributed by atoms with van der Waals surface area (Å²) in [5, 5.41) is 4.30. The summed E-state index contributed by atoms with van der Waals surface area (Å²) in [6.45, 7) is 8.84. The predicted octanol–water partition coefficient (Wildman–Crippen LogP) is 4.61. The first-order chi connectivity index (χ1) is 12.4. The van der Waals surface area contributed by atoms with E-state index in [1.54, 1.807) is 11.3 Å². The van der Waals surface area contributed by atoms with Gasteiger partial charge in [0.1, 0.15) is 0 Å². The molecule has 4 rings (SSSR count). The summed E-state index contributed by atoms with van der Waals surface area (Å²) in [6, 6.07) is 2.63. The van der Waals surface area contributed by atoms with Crippen molar-refractivity contribution in [3.8, 4) is 0 Å². The van der Waals surface area contributed by atoms with Gasteiger partial charge in [0.25, 0.3) is 0 Å². The van der Waals surface area contributed by atoms with Crippen molar-refractivity contribution in [2.24, 2.45) is 13.0 Å². The maximum Gasteiger partial charge on any atom is 0.0973 e. The quantitative estimate of drug-likeness (QED) is 0.762. The lowest BCUT2D eigenvalue weighted by molar-refractivity contribution is -0.161. The summed E-state index contributed by atoms with van der Waals surface area (Å²) in [7, 11) is 1.97. The minimum Gasteiger partial charge on any atom is -0.366 e.